The minimum atomic E-state index is -0.930. The predicted octanol–water partition coefficient (Wildman–Crippen LogP) is 6.04. The highest BCUT2D eigenvalue weighted by Crippen LogP contribution is 2.15. The highest BCUT2D eigenvalue weighted by molar-refractivity contribution is 7.09. The van der Waals surface area contributed by atoms with Crippen LogP contribution >= 0.6 is 22.7 Å². The Hall–Kier alpha value is -4.55. The molecule has 0 saturated carbocycles. The molecule has 3 N–H and O–H groups in total. The summed E-state index contributed by atoms with van der Waals surface area (Å²) in [5.74, 6) is -0.346. The smallest absolute Gasteiger partial charge is 0.407 e. The molecule has 12 heteroatoms. The van der Waals surface area contributed by atoms with Gasteiger partial charge < -0.3 is 25.6 Å². The van der Waals surface area contributed by atoms with Crippen LogP contribution in [0.1, 0.15) is 46.5 Å². The van der Waals surface area contributed by atoms with Crippen molar-refractivity contribution in [1.82, 2.24) is 30.8 Å². The van der Waals surface area contributed by atoms with E-state index in [1.807, 2.05) is 73.0 Å². The summed E-state index contributed by atoms with van der Waals surface area (Å²) in [4.78, 5) is 50.4. The first-order valence-corrected chi connectivity index (χ1v) is 17.2. The Kier molecular flexibility index (Phi) is 13.5. The number of ether oxygens (including phenoxy) is 1. The Bertz CT molecular complexity index is 1580. The number of carbonyl (C=O) groups is 3. The van der Waals surface area contributed by atoms with Gasteiger partial charge in [0.25, 0.3) is 0 Å². The Morgan fingerprint density at radius 1 is 0.915 bits per heavy atom. The third-order valence-corrected chi connectivity index (χ3v) is 9.02. The summed E-state index contributed by atoms with van der Waals surface area (Å²) in [6.07, 6.45) is 3.47. The number of nitrogens with zero attached hydrogens (tertiary/aromatic N) is 3. The number of nitrogens with one attached hydrogen (secondary N) is 3. The van der Waals surface area contributed by atoms with Gasteiger partial charge in [-0.15, -0.1) is 22.7 Å². The fourth-order valence-electron chi connectivity index (χ4n) is 5.03. The van der Waals surface area contributed by atoms with E-state index < -0.39 is 18.2 Å². The van der Waals surface area contributed by atoms with Gasteiger partial charge in [0.2, 0.25) is 5.91 Å². The second-order valence-electron chi connectivity index (χ2n) is 11.5. The van der Waals surface area contributed by atoms with Crippen molar-refractivity contribution < 1.29 is 19.1 Å². The van der Waals surface area contributed by atoms with Crippen molar-refractivity contribution in [2.75, 3.05) is 7.05 Å². The van der Waals surface area contributed by atoms with E-state index in [1.54, 1.807) is 25.7 Å². The van der Waals surface area contributed by atoms with Crippen molar-refractivity contribution in [3.63, 3.8) is 0 Å². The summed E-state index contributed by atoms with van der Waals surface area (Å²) < 4.78 is 5.47. The third-order valence-electron chi connectivity index (χ3n) is 7.45. The quantitative estimate of drug-likeness (QED) is 0.125. The van der Waals surface area contributed by atoms with Crippen LogP contribution in [0.25, 0.3) is 0 Å². The molecule has 0 saturated heterocycles. The number of hydrogen-bond donors (Lipinski definition) is 3. The molecule has 0 aliphatic carbocycles. The number of benzene rings is 2. The zero-order valence-corrected chi connectivity index (χ0v) is 28.6. The highest BCUT2D eigenvalue weighted by Gasteiger charge is 2.26. The van der Waals surface area contributed by atoms with Crippen LogP contribution in [-0.2, 0) is 35.5 Å². The standard InChI is InChI=1S/C35H42N6O4S2/c1-24(2)32(40-34(43)41(4)20-30-22-46-25(3)37-30)33(42)38-28(17-26-11-7-5-8-12-26)15-16-29(18-27-13-9-6-10-14-27)39-35(44)45-21-31-19-36-23-47-31/h5-14,19,22-23,28-29,32H,1,15-18,20-21H2,2-4H3,(H,38,42)(H,39,44)(H,40,43)/t28-,29-,32+/m1/s1. The number of aryl methyl sites for hydroxylation is 1. The van der Waals surface area contributed by atoms with Gasteiger partial charge in [-0.3, -0.25) is 9.78 Å². The van der Waals surface area contributed by atoms with Crippen LogP contribution in [0.2, 0.25) is 0 Å². The first-order valence-electron chi connectivity index (χ1n) is 15.4. The molecule has 10 nitrogen and oxygen atoms in total. The molecule has 248 valence electrons. The van der Waals surface area contributed by atoms with Crippen molar-refractivity contribution in [2.24, 2.45) is 0 Å². The van der Waals surface area contributed by atoms with Crippen LogP contribution in [-0.4, -0.2) is 58.1 Å². The lowest BCUT2D eigenvalue weighted by atomic mass is 9.95. The molecule has 0 bridgehead atoms. The Labute approximate surface area is 284 Å². The molecular weight excluding hydrogens is 633 g/mol. The molecule has 0 aliphatic rings. The maximum atomic E-state index is 13.7. The molecule has 4 rings (SSSR count). The molecular formula is C35H42N6O4S2. The van der Waals surface area contributed by atoms with Crippen molar-refractivity contribution >= 4 is 40.7 Å². The first-order chi connectivity index (χ1) is 22.7. The number of aromatic nitrogens is 2. The van der Waals surface area contributed by atoms with Crippen LogP contribution < -0.4 is 16.0 Å². The monoisotopic (exact) mass is 674 g/mol. The Morgan fingerprint density at radius 2 is 1.53 bits per heavy atom. The predicted molar refractivity (Wildman–Crippen MR) is 186 cm³/mol. The molecule has 0 radical (unpaired) electrons. The molecule has 0 fully saturated rings. The fourth-order valence-corrected chi connectivity index (χ4v) is 6.14. The van der Waals surface area contributed by atoms with Crippen LogP contribution in [0.4, 0.5) is 9.59 Å². The maximum Gasteiger partial charge on any atom is 0.407 e. The van der Waals surface area contributed by atoms with Gasteiger partial charge >= 0.3 is 12.1 Å². The van der Waals surface area contributed by atoms with Crippen molar-refractivity contribution in [2.45, 2.75) is 70.8 Å². The first kappa shape index (κ1) is 35.3. The van der Waals surface area contributed by atoms with E-state index in [-0.39, 0.29) is 24.6 Å². The number of rotatable bonds is 16. The Morgan fingerprint density at radius 3 is 2.06 bits per heavy atom. The van der Waals surface area contributed by atoms with Gasteiger partial charge in [-0.2, -0.15) is 0 Å². The van der Waals surface area contributed by atoms with Gasteiger partial charge in [-0.1, -0.05) is 67.2 Å². The largest absolute Gasteiger partial charge is 0.444 e. The minimum absolute atomic E-state index is 0.147. The zero-order valence-electron chi connectivity index (χ0n) is 27.0. The summed E-state index contributed by atoms with van der Waals surface area (Å²) >= 11 is 2.94. The molecule has 2 aromatic carbocycles. The molecule has 3 atom stereocenters. The van der Waals surface area contributed by atoms with Crippen LogP contribution in [0.3, 0.4) is 0 Å². The lowest BCUT2D eigenvalue weighted by molar-refractivity contribution is -0.122. The lowest BCUT2D eigenvalue weighted by Gasteiger charge is -2.27. The summed E-state index contributed by atoms with van der Waals surface area (Å²) in [5, 5.41) is 11.9. The average molecular weight is 675 g/mol. The van der Waals surface area contributed by atoms with Gasteiger partial charge in [0, 0.05) is 30.7 Å². The number of alkyl carbamates (subject to hydrolysis) is 1. The summed E-state index contributed by atoms with van der Waals surface area (Å²) in [6, 6.07) is 18.0. The molecule has 2 aromatic heterocycles. The number of amides is 4. The number of hydrogen-bond acceptors (Lipinski definition) is 8. The lowest BCUT2D eigenvalue weighted by Crippen LogP contribution is -2.53. The Balaban J connectivity index is 1.43. The molecule has 0 aliphatic heterocycles. The van der Waals surface area contributed by atoms with Crippen LogP contribution in [0.5, 0.6) is 0 Å². The van der Waals surface area contributed by atoms with Gasteiger partial charge in [-0.25, -0.2) is 14.6 Å². The third kappa shape index (κ3) is 12.0. The summed E-state index contributed by atoms with van der Waals surface area (Å²) in [7, 11) is 1.66. The van der Waals surface area contributed by atoms with E-state index in [0.717, 1.165) is 26.7 Å². The maximum absolute atomic E-state index is 13.7. The second kappa shape index (κ2) is 18.0. The molecule has 2 heterocycles. The van der Waals surface area contributed by atoms with Crippen LogP contribution in [0.15, 0.2) is 89.9 Å². The molecule has 0 spiro atoms. The highest BCUT2D eigenvalue weighted by atomic mass is 32.1. The van der Waals surface area contributed by atoms with E-state index in [9.17, 15) is 14.4 Å². The van der Waals surface area contributed by atoms with E-state index in [4.69, 9.17) is 4.74 Å². The van der Waals surface area contributed by atoms with Crippen molar-refractivity contribution in [1.29, 1.82) is 0 Å². The number of urea groups is 1. The minimum Gasteiger partial charge on any atom is -0.444 e. The summed E-state index contributed by atoms with van der Waals surface area (Å²) in [6.45, 7) is 8.09. The molecule has 47 heavy (non-hydrogen) atoms. The SMILES string of the molecule is C=C(C)[C@H](NC(=O)N(C)Cc1csc(C)n1)C(=O)N[C@H](CC[C@H](Cc1ccccc1)NC(=O)OCc1cncs1)Cc1ccccc1. The van der Waals surface area contributed by atoms with Gasteiger partial charge in [0.1, 0.15) is 12.6 Å². The van der Waals surface area contributed by atoms with Crippen molar-refractivity contribution in [3.05, 3.63) is 117 Å². The van der Waals surface area contributed by atoms with E-state index in [0.29, 0.717) is 37.8 Å². The van der Waals surface area contributed by atoms with Gasteiger partial charge in [0.05, 0.1) is 27.6 Å². The average Bonchev–Trinajstić information content (AvgIpc) is 3.73. The summed E-state index contributed by atoms with van der Waals surface area (Å²) in [5.41, 5.74) is 5.13. The molecule has 4 aromatic rings. The number of carbonyl (C=O) groups excluding carboxylic acids is 3. The second-order valence-corrected chi connectivity index (χ2v) is 13.5. The topological polar surface area (TPSA) is 126 Å². The number of thiazole rings is 2. The molecule has 0 unspecified atom stereocenters. The normalized spacial score (nSPS) is 12.7. The zero-order chi connectivity index (χ0) is 33.6. The van der Waals surface area contributed by atoms with Crippen LogP contribution in [0, 0.1) is 6.92 Å². The molecule has 4 amide bonds. The van der Waals surface area contributed by atoms with E-state index >= 15 is 0 Å². The van der Waals surface area contributed by atoms with Crippen molar-refractivity contribution in [3.8, 4) is 0 Å². The van der Waals surface area contributed by atoms with E-state index in [2.05, 4.69) is 32.5 Å². The fraction of sp³-hybridized carbons (Fsp3) is 0.343. The van der Waals surface area contributed by atoms with E-state index in [1.165, 1.54) is 27.6 Å². The van der Waals surface area contributed by atoms with Gasteiger partial charge in [0.15, 0.2) is 0 Å². The van der Waals surface area contributed by atoms with Gasteiger partial charge in [-0.05, 0) is 56.2 Å².